The Labute approximate surface area is 434 Å². The molecule has 5 rings (SSSR count). The lowest BCUT2D eigenvalue weighted by molar-refractivity contribution is -0.266. The summed E-state index contributed by atoms with van der Waals surface area (Å²) in [5.41, 5.74) is 2.76. The summed E-state index contributed by atoms with van der Waals surface area (Å²) < 4.78 is 30.5. The van der Waals surface area contributed by atoms with E-state index in [2.05, 4.69) is 26.5 Å². The van der Waals surface area contributed by atoms with Crippen LogP contribution in [0.4, 0.5) is 0 Å². The molecule has 1 aromatic carbocycles. The van der Waals surface area contributed by atoms with Gasteiger partial charge < -0.3 is 49.0 Å². The monoisotopic (exact) mass is 1020 g/mol. The molecule has 2 unspecified atom stereocenters. The number of Topliss-reactive ketones (excluding diaryl/α,β-unsaturated/α-hetero) is 2. The molecule has 1 amide bonds. The molecule has 4 N–H and O–H groups in total. The Balaban J connectivity index is 1.49. The second-order valence-corrected chi connectivity index (χ2v) is 21.8. The second kappa shape index (κ2) is 28.1. The number of allylic oxidation sites excluding steroid dienone is 6. The lowest BCUT2D eigenvalue weighted by atomic mass is 9.78. The summed E-state index contributed by atoms with van der Waals surface area (Å²) in [5.74, 6) is -7.23. The smallest absolute Gasteiger partial charge is 0.329 e. The van der Waals surface area contributed by atoms with E-state index in [-0.39, 0.29) is 68.0 Å². The molecule has 14 heteroatoms. The number of nitrogens with zero attached hydrogens (tertiary/aromatic N) is 1. The van der Waals surface area contributed by atoms with Gasteiger partial charge in [0.2, 0.25) is 5.79 Å². The molecular formula is C59H87NO13. The van der Waals surface area contributed by atoms with Crippen molar-refractivity contribution in [2.24, 2.45) is 35.5 Å². The summed E-state index contributed by atoms with van der Waals surface area (Å²) in [5, 5.41) is 45.5. The number of cyclic esters (lactones) is 1. The Morgan fingerprint density at radius 1 is 0.877 bits per heavy atom. The first-order valence-electron chi connectivity index (χ1n) is 26.8. The van der Waals surface area contributed by atoms with Gasteiger partial charge in [-0.2, -0.15) is 0 Å². The predicted molar refractivity (Wildman–Crippen MR) is 280 cm³/mol. The van der Waals surface area contributed by atoms with E-state index in [9.17, 15) is 39.6 Å². The minimum Gasteiger partial charge on any atom is -0.460 e. The van der Waals surface area contributed by atoms with Crippen LogP contribution >= 0.6 is 0 Å². The molecule has 2 bridgehead atoms. The standard InChI is InChI=1S/C59H87NO13/c1-36-19-13-11-14-20-37(2)51(71-35-50(63)45-21-15-12-16-22-45)33-46-26-24-42(7)59(68,73-46)56(65)57(66)60-28-18-17-23-47(60)58(67)72-52(40(5)31-44-25-27-48(61)53(32-44)69-9)34-49(62)39(4)30-41(6)54(64)55(70-10)43(8)38(3)29-36/h11-16,19-22,30,36,38-40,42,44,46-48,50-55,61,63-64,68H,8,17-18,23-29,31-35H2,1-7,9-10H3/b14-11+,19-13+,37-20+,41-30+/t36-,38-,39-,40-,42-,44+,46+,47?,48-,50+,51?,52+,53-,54-,55+,59-/m1/s1. The van der Waals surface area contributed by atoms with Crippen LogP contribution in [0, 0.1) is 35.5 Å². The normalized spacial score (nSPS) is 37.7. The second-order valence-electron chi connectivity index (χ2n) is 21.8. The van der Waals surface area contributed by atoms with Crippen LogP contribution in [0.3, 0.4) is 0 Å². The Morgan fingerprint density at radius 3 is 2.30 bits per heavy atom. The summed E-state index contributed by atoms with van der Waals surface area (Å²) in [7, 11) is 3.11. The third kappa shape index (κ3) is 16.2. The number of aliphatic hydroxyl groups excluding tert-OH is 3. The maximum absolute atomic E-state index is 14.5. The number of fused-ring (bicyclic) bond motifs is 3. The van der Waals surface area contributed by atoms with Gasteiger partial charge in [-0.1, -0.05) is 108 Å². The van der Waals surface area contributed by atoms with E-state index in [0.29, 0.717) is 56.1 Å². The fourth-order valence-corrected chi connectivity index (χ4v) is 11.1. The van der Waals surface area contributed by atoms with E-state index in [1.165, 1.54) is 12.0 Å². The molecule has 0 radical (unpaired) electrons. The number of amides is 1. The molecule has 3 fully saturated rings. The topological polar surface area (TPSA) is 199 Å². The maximum atomic E-state index is 14.5. The van der Waals surface area contributed by atoms with Crippen LogP contribution in [0.1, 0.15) is 137 Å². The molecule has 2 saturated heterocycles. The Kier molecular flexibility index (Phi) is 23.0. The molecular weight excluding hydrogens is 931 g/mol. The van der Waals surface area contributed by atoms with Gasteiger partial charge in [0, 0.05) is 45.4 Å². The fourth-order valence-electron chi connectivity index (χ4n) is 11.1. The van der Waals surface area contributed by atoms with Gasteiger partial charge in [0.05, 0.1) is 31.0 Å². The SMILES string of the molecule is C=C1[C@H](C)C[C@H](C)/C=C/C=C/C=C(\C)C(OC[C@H](O)c2ccccc2)C[C@@H]2CC[C@@H](C)[C@@](O)(O2)C(=O)C(=O)N2CCCCC2C(=O)O[C@H]([C@H](C)C[C@@H]2CC[C@@H](O)[C@H](OC)C2)CC(=O)[C@H](C)/C=C(\C)[C@@H](O)[C@H]1OC. The van der Waals surface area contributed by atoms with Crippen molar-refractivity contribution in [1.29, 1.82) is 0 Å². The molecule has 73 heavy (non-hydrogen) atoms. The fraction of sp³-hybridized carbons (Fsp3) is 0.661. The first-order valence-corrected chi connectivity index (χ1v) is 26.8. The number of aliphatic hydroxyl groups is 4. The molecule has 1 aliphatic carbocycles. The number of benzene rings is 1. The Bertz CT molecular complexity index is 2120. The van der Waals surface area contributed by atoms with Gasteiger partial charge in [0.15, 0.2) is 0 Å². The number of rotatable bonds is 9. The number of piperidine rings is 1. The molecule has 3 heterocycles. The number of methoxy groups -OCH3 is 2. The average molecular weight is 1020 g/mol. The lowest BCUT2D eigenvalue weighted by Crippen LogP contribution is -2.61. The number of carbonyl (C=O) groups is 4. The molecule has 14 nitrogen and oxygen atoms in total. The molecule has 1 aromatic rings. The van der Waals surface area contributed by atoms with Crippen LogP contribution in [0.15, 0.2) is 90.1 Å². The zero-order chi connectivity index (χ0) is 53.6. The molecule has 1 saturated carbocycles. The number of hydrogen-bond acceptors (Lipinski definition) is 13. The molecule has 0 aromatic heterocycles. The van der Waals surface area contributed by atoms with Crippen molar-refractivity contribution in [2.75, 3.05) is 27.4 Å². The van der Waals surface area contributed by atoms with Crippen molar-refractivity contribution in [3.05, 3.63) is 95.6 Å². The quantitative estimate of drug-likeness (QED) is 0.105. The minimum absolute atomic E-state index is 0.0331. The third-order valence-electron chi connectivity index (χ3n) is 16.1. The zero-order valence-corrected chi connectivity index (χ0v) is 45.0. The summed E-state index contributed by atoms with van der Waals surface area (Å²) in [6.45, 7) is 17.5. The Hall–Kier alpha value is -4.12. The van der Waals surface area contributed by atoms with Crippen LogP contribution in [-0.2, 0) is 42.9 Å². The number of hydrogen-bond donors (Lipinski definition) is 4. The predicted octanol–water partition coefficient (Wildman–Crippen LogP) is 8.27. The van der Waals surface area contributed by atoms with Gasteiger partial charge in [-0.05, 0) is 124 Å². The highest BCUT2D eigenvalue weighted by Crippen LogP contribution is 2.38. The third-order valence-corrected chi connectivity index (χ3v) is 16.1. The zero-order valence-electron chi connectivity index (χ0n) is 45.0. The van der Waals surface area contributed by atoms with Gasteiger partial charge in [0.25, 0.3) is 11.7 Å². The van der Waals surface area contributed by atoms with Crippen molar-refractivity contribution < 1.29 is 63.3 Å². The van der Waals surface area contributed by atoms with E-state index in [0.717, 1.165) is 24.0 Å². The van der Waals surface area contributed by atoms with Gasteiger partial charge in [-0.15, -0.1) is 0 Å². The molecule has 4 aliphatic rings. The van der Waals surface area contributed by atoms with Gasteiger partial charge in [-0.25, -0.2) is 4.79 Å². The highest BCUT2D eigenvalue weighted by molar-refractivity contribution is 6.39. The summed E-state index contributed by atoms with van der Waals surface area (Å²) >= 11 is 0. The van der Waals surface area contributed by atoms with Gasteiger partial charge in [0.1, 0.15) is 36.2 Å². The molecule has 0 spiro atoms. The first-order chi connectivity index (χ1) is 34.7. The van der Waals surface area contributed by atoms with Crippen LogP contribution < -0.4 is 0 Å². The van der Waals surface area contributed by atoms with Crippen molar-refractivity contribution in [3.8, 4) is 0 Å². The van der Waals surface area contributed by atoms with Crippen LogP contribution in [0.2, 0.25) is 0 Å². The van der Waals surface area contributed by atoms with Crippen LogP contribution in [-0.4, -0.2) is 131 Å². The Morgan fingerprint density at radius 2 is 1.60 bits per heavy atom. The number of ketones is 2. The minimum atomic E-state index is -2.50. The van der Waals surface area contributed by atoms with Crippen molar-refractivity contribution in [3.63, 3.8) is 0 Å². The van der Waals surface area contributed by atoms with E-state index < -0.39 is 84.1 Å². The van der Waals surface area contributed by atoms with Gasteiger partial charge in [-0.3, -0.25) is 14.4 Å². The van der Waals surface area contributed by atoms with Gasteiger partial charge >= 0.3 is 5.97 Å². The van der Waals surface area contributed by atoms with Crippen molar-refractivity contribution in [1.82, 2.24) is 4.90 Å². The molecule has 406 valence electrons. The summed E-state index contributed by atoms with van der Waals surface area (Å²) in [6.07, 6.45) is 11.0. The highest BCUT2D eigenvalue weighted by atomic mass is 16.6. The lowest BCUT2D eigenvalue weighted by Gasteiger charge is -2.43. The van der Waals surface area contributed by atoms with E-state index in [1.54, 1.807) is 34.0 Å². The summed E-state index contributed by atoms with van der Waals surface area (Å²) in [6, 6.07) is 8.03. The maximum Gasteiger partial charge on any atom is 0.329 e. The van der Waals surface area contributed by atoms with E-state index in [4.69, 9.17) is 23.7 Å². The largest absolute Gasteiger partial charge is 0.460 e. The first kappa shape index (κ1) is 59.8. The highest BCUT2D eigenvalue weighted by Gasteiger charge is 2.53. The molecule has 16 atom stereocenters. The van der Waals surface area contributed by atoms with E-state index in [1.807, 2.05) is 68.5 Å². The number of esters is 1. The van der Waals surface area contributed by atoms with E-state index >= 15 is 0 Å². The molecule has 3 aliphatic heterocycles. The van der Waals surface area contributed by atoms with Crippen molar-refractivity contribution in [2.45, 2.75) is 186 Å². The van der Waals surface area contributed by atoms with Crippen LogP contribution in [0.5, 0.6) is 0 Å². The van der Waals surface area contributed by atoms with Crippen molar-refractivity contribution >= 4 is 23.4 Å². The van der Waals surface area contributed by atoms with Crippen LogP contribution in [0.25, 0.3) is 0 Å². The summed E-state index contributed by atoms with van der Waals surface area (Å²) in [4.78, 5) is 58.9. The number of carbonyl (C=O) groups excluding carboxylic acids is 4. The average Bonchev–Trinajstić information content (AvgIpc) is 3.37. The number of ether oxygens (including phenoxy) is 5.